The molecule has 11 heavy (non-hydrogen) atoms. The van der Waals surface area contributed by atoms with Crippen molar-refractivity contribution in [2.75, 3.05) is 0 Å². The minimum atomic E-state index is 0.523. The van der Waals surface area contributed by atoms with E-state index in [0.29, 0.717) is 5.92 Å². The van der Waals surface area contributed by atoms with Crippen molar-refractivity contribution < 1.29 is 0 Å². The van der Waals surface area contributed by atoms with Crippen molar-refractivity contribution in [1.82, 2.24) is 0 Å². The van der Waals surface area contributed by atoms with Crippen molar-refractivity contribution in [1.29, 1.82) is 0 Å². The zero-order chi connectivity index (χ0) is 8.85. The molecule has 0 spiro atoms. The summed E-state index contributed by atoms with van der Waals surface area (Å²) in [5.41, 5.74) is 0. The molecule has 0 heterocycles. The maximum absolute atomic E-state index is 3.22. The fraction of sp³-hybridized carbons (Fsp3) is 0.818. The molecule has 0 radical (unpaired) electrons. The summed E-state index contributed by atoms with van der Waals surface area (Å²) in [6.07, 6.45) is 1.05. The minimum absolute atomic E-state index is 0.523. The molecule has 0 aromatic rings. The molecule has 0 unspecified atom stereocenters. The van der Waals surface area contributed by atoms with Gasteiger partial charge in [-0.15, -0.1) is 11.8 Å². The lowest BCUT2D eigenvalue weighted by atomic mass is 9.95. The molecule has 0 amide bonds. The van der Waals surface area contributed by atoms with E-state index in [-0.39, 0.29) is 0 Å². The molecule has 0 aliphatic heterocycles. The third-order valence-electron chi connectivity index (χ3n) is 1.95. The Bertz CT molecular complexity index is 143. The van der Waals surface area contributed by atoms with Gasteiger partial charge in [-0.1, -0.05) is 34.6 Å². The molecule has 0 aromatic carbocycles. The van der Waals surface area contributed by atoms with Crippen LogP contribution in [0.25, 0.3) is 0 Å². The average Bonchev–Trinajstić information content (AvgIpc) is 1.86. The zero-order valence-corrected chi connectivity index (χ0v) is 8.44. The van der Waals surface area contributed by atoms with Gasteiger partial charge in [-0.3, -0.25) is 0 Å². The van der Waals surface area contributed by atoms with Crippen LogP contribution in [-0.4, -0.2) is 0 Å². The van der Waals surface area contributed by atoms with E-state index in [1.54, 1.807) is 0 Å². The van der Waals surface area contributed by atoms with Crippen LogP contribution in [0.15, 0.2) is 0 Å². The van der Waals surface area contributed by atoms with Gasteiger partial charge in [0.1, 0.15) is 0 Å². The highest BCUT2D eigenvalue weighted by molar-refractivity contribution is 5.01. The van der Waals surface area contributed by atoms with E-state index >= 15 is 0 Å². The summed E-state index contributed by atoms with van der Waals surface area (Å²) < 4.78 is 0. The first-order valence-electron chi connectivity index (χ1n) is 4.52. The second kappa shape index (κ2) is 5.24. The number of hydrogen-bond donors (Lipinski definition) is 0. The Morgan fingerprint density at radius 2 is 1.55 bits per heavy atom. The Kier molecular flexibility index (Phi) is 5.03. The highest BCUT2D eigenvalue weighted by Gasteiger charge is 2.03. The summed E-state index contributed by atoms with van der Waals surface area (Å²) in [6.45, 7) is 11.0. The predicted octanol–water partition coefficient (Wildman–Crippen LogP) is 3.33. The first-order chi connectivity index (χ1) is 5.04. The summed E-state index contributed by atoms with van der Waals surface area (Å²) in [5.74, 6) is 8.42. The number of rotatable bonds is 2. The van der Waals surface area contributed by atoms with Crippen LogP contribution in [0.3, 0.4) is 0 Å². The lowest BCUT2D eigenvalue weighted by Crippen LogP contribution is -2.01. The molecule has 1 atom stereocenters. The third kappa shape index (κ3) is 5.98. The van der Waals surface area contributed by atoms with Crippen LogP contribution in [0.4, 0.5) is 0 Å². The van der Waals surface area contributed by atoms with Crippen LogP contribution in [0.2, 0.25) is 0 Å². The van der Waals surface area contributed by atoms with Gasteiger partial charge in [0.05, 0.1) is 0 Å². The van der Waals surface area contributed by atoms with E-state index in [2.05, 4.69) is 46.5 Å². The van der Waals surface area contributed by atoms with Gasteiger partial charge < -0.3 is 0 Å². The predicted molar refractivity (Wildman–Crippen MR) is 51.2 cm³/mol. The molecule has 0 bridgehead atoms. The molecule has 64 valence electrons. The molecule has 0 aliphatic carbocycles. The first kappa shape index (κ1) is 10.6. The molecule has 0 saturated heterocycles. The van der Waals surface area contributed by atoms with Crippen LogP contribution < -0.4 is 0 Å². The maximum Gasteiger partial charge on any atom is 0.0146 e. The molecular weight excluding hydrogens is 132 g/mol. The van der Waals surface area contributed by atoms with Gasteiger partial charge in [0.2, 0.25) is 0 Å². The van der Waals surface area contributed by atoms with E-state index in [1.165, 1.54) is 0 Å². The highest BCUT2D eigenvalue weighted by Crippen LogP contribution is 2.12. The topological polar surface area (TPSA) is 0 Å². The monoisotopic (exact) mass is 152 g/mol. The van der Waals surface area contributed by atoms with Crippen molar-refractivity contribution in [3.05, 3.63) is 0 Å². The van der Waals surface area contributed by atoms with Gasteiger partial charge in [0, 0.05) is 12.3 Å². The smallest absolute Gasteiger partial charge is 0.0146 e. The zero-order valence-electron chi connectivity index (χ0n) is 8.44. The largest absolute Gasteiger partial charge is 0.103 e. The maximum atomic E-state index is 3.22. The summed E-state index contributed by atoms with van der Waals surface area (Å²) in [4.78, 5) is 0. The Labute approximate surface area is 71.4 Å². The van der Waals surface area contributed by atoms with E-state index in [4.69, 9.17) is 0 Å². The molecule has 0 fully saturated rings. The summed E-state index contributed by atoms with van der Waals surface area (Å²) in [6, 6.07) is 0. The Morgan fingerprint density at radius 3 is 1.91 bits per heavy atom. The molecule has 0 aromatic heterocycles. The van der Waals surface area contributed by atoms with Crippen LogP contribution in [0, 0.1) is 29.6 Å². The third-order valence-corrected chi connectivity index (χ3v) is 1.95. The molecule has 0 heteroatoms. The molecule has 0 rings (SSSR count). The average molecular weight is 152 g/mol. The van der Waals surface area contributed by atoms with Crippen LogP contribution in [0.5, 0.6) is 0 Å². The quantitative estimate of drug-likeness (QED) is 0.532. The van der Waals surface area contributed by atoms with E-state index in [0.717, 1.165) is 18.3 Å². The second-order valence-corrected chi connectivity index (χ2v) is 3.90. The standard InChI is InChI=1S/C11H20/c1-9(2)7-6-8-11(5)10(3)4/h9-11H,8H2,1-5H3/t11-/m0/s1. The van der Waals surface area contributed by atoms with Gasteiger partial charge in [0.25, 0.3) is 0 Å². The lowest BCUT2D eigenvalue weighted by molar-refractivity contribution is 0.429. The summed E-state index contributed by atoms with van der Waals surface area (Å²) >= 11 is 0. The molecule has 0 aliphatic rings. The van der Waals surface area contributed by atoms with Crippen molar-refractivity contribution in [2.45, 2.75) is 41.0 Å². The second-order valence-electron chi connectivity index (χ2n) is 3.90. The number of hydrogen-bond acceptors (Lipinski definition) is 0. The molecule has 0 nitrogen and oxygen atoms in total. The fourth-order valence-electron chi connectivity index (χ4n) is 0.660. The SMILES string of the molecule is CC(C)C#CC[C@H](C)C(C)C. The van der Waals surface area contributed by atoms with Gasteiger partial charge in [-0.25, -0.2) is 0 Å². The Balaban J connectivity index is 3.63. The van der Waals surface area contributed by atoms with Crippen LogP contribution in [-0.2, 0) is 0 Å². The van der Waals surface area contributed by atoms with Crippen molar-refractivity contribution >= 4 is 0 Å². The summed E-state index contributed by atoms with van der Waals surface area (Å²) in [5, 5.41) is 0. The molecular formula is C11H20. The van der Waals surface area contributed by atoms with Crippen molar-refractivity contribution in [3.63, 3.8) is 0 Å². The van der Waals surface area contributed by atoms with Crippen LogP contribution >= 0.6 is 0 Å². The Morgan fingerprint density at radius 1 is 1.00 bits per heavy atom. The van der Waals surface area contributed by atoms with Crippen LogP contribution in [0.1, 0.15) is 41.0 Å². The Hall–Kier alpha value is -0.440. The van der Waals surface area contributed by atoms with Crippen molar-refractivity contribution in [2.24, 2.45) is 17.8 Å². The van der Waals surface area contributed by atoms with E-state index in [9.17, 15) is 0 Å². The van der Waals surface area contributed by atoms with E-state index < -0.39 is 0 Å². The minimum Gasteiger partial charge on any atom is -0.103 e. The van der Waals surface area contributed by atoms with Gasteiger partial charge in [-0.2, -0.15) is 0 Å². The van der Waals surface area contributed by atoms with Gasteiger partial charge in [-0.05, 0) is 11.8 Å². The van der Waals surface area contributed by atoms with Crippen molar-refractivity contribution in [3.8, 4) is 11.8 Å². The molecule has 0 saturated carbocycles. The lowest BCUT2D eigenvalue weighted by Gasteiger charge is -2.10. The summed E-state index contributed by atoms with van der Waals surface area (Å²) in [7, 11) is 0. The van der Waals surface area contributed by atoms with Gasteiger partial charge in [0.15, 0.2) is 0 Å². The fourth-order valence-corrected chi connectivity index (χ4v) is 0.660. The van der Waals surface area contributed by atoms with E-state index in [1.807, 2.05) is 0 Å². The van der Waals surface area contributed by atoms with Gasteiger partial charge >= 0.3 is 0 Å². The first-order valence-corrected chi connectivity index (χ1v) is 4.52. The highest BCUT2D eigenvalue weighted by atomic mass is 14.1. The molecule has 0 N–H and O–H groups in total. The normalized spacial score (nSPS) is 13.0.